The van der Waals surface area contributed by atoms with Crippen molar-refractivity contribution in [2.75, 3.05) is 13.2 Å². The summed E-state index contributed by atoms with van der Waals surface area (Å²) in [5.41, 5.74) is 0.986. The largest absolute Gasteiger partial charge is 0.462 e. The molecule has 0 saturated heterocycles. The third-order valence-corrected chi connectivity index (χ3v) is 4.23. The molecule has 0 radical (unpaired) electrons. The van der Waals surface area contributed by atoms with Gasteiger partial charge in [0.2, 0.25) is 0 Å². The van der Waals surface area contributed by atoms with Gasteiger partial charge in [-0.05, 0) is 44.1 Å². The van der Waals surface area contributed by atoms with Crippen molar-refractivity contribution in [1.82, 2.24) is 0 Å². The molecule has 1 rings (SSSR count). The summed E-state index contributed by atoms with van der Waals surface area (Å²) < 4.78 is 10.5. The van der Waals surface area contributed by atoms with Crippen LogP contribution in [-0.2, 0) is 19.1 Å². The molecule has 126 valence electrons. The minimum atomic E-state index is -0.514. The van der Waals surface area contributed by atoms with Crippen LogP contribution in [0.15, 0.2) is 11.1 Å². The van der Waals surface area contributed by atoms with Gasteiger partial charge in [0.25, 0.3) is 0 Å². The lowest BCUT2D eigenvalue weighted by atomic mass is 9.94. The van der Waals surface area contributed by atoms with E-state index < -0.39 is 11.9 Å². The van der Waals surface area contributed by atoms with Crippen molar-refractivity contribution in [2.24, 2.45) is 5.92 Å². The van der Waals surface area contributed by atoms with E-state index in [0.717, 1.165) is 56.9 Å². The lowest BCUT2D eigenvalue weighted by Gasteiger charge is -2.16. The second kappa shape index (κ2) is 10.4. The molecule has 22 heavy (non-hydrogen) atoms. The van der Waals surface area contributed by atoms with Crippen LogP contribution in [0.2, 0.25) is 0 Å². The zero-order chi connectivity index (χ0) is 16.4. The first-order chi connectivity index (χ1) is 10.6. The van der Waals surface area contributed by atoms with Gasteiger partial charge in [0.1, 0.15) is 5.57 Å². The second-order valence-corrected chi connectivity index (χ2v) is 6.02. The summed E-state index contributed by atoms with van der Waals surface area (Å²) in [5.74, 6) is -0.717. The number of carbonyl (C=O) groups excluding carboxylic acids is 2. The normalized spacial score (nSPS) is 14.7. The minimum Gasteiger partial charge on any atom is -0.462 e. The Hall–Kier alpha value is -1.32. The number of ether oxygens (including phenoxy) is 2. The lowest BCUT2D eigenvalue weighted by molar-refractivity contribution is -0.147. The van der Waals surface area contributed by atoms with Crippen LogP contribution in [0.25, 0.3) is 0 Å². The molecule has 0 N–H and O–H groups in total. The van der Waals surface area contributed by atoms with Crippen LogP contribution in [0.3, 0.4) is 0 Å². The molecular weight excluding hydrogens is 280 g/mol. The Morgan fingerprint density at radius 2 is 1.36 bits per heavy atom. The predicted octanol–water partition coefficient (Wildman–Crippen LogP) is 4.18. The Labute approximate surface area is 134 Å². The van der Waals surface area contributed by atoms with Crippen LogP contribution in [0.4, 0.5) is 0 Å². The zero-order valence-electron chi connectivity index (χ0n) is 14.3. The Bertz CT molecular complexity index is 368. The van der Waals surface area contributed by atoms with Gasteiger partial charge in [0.15, 0.2) is 0 Å². The van der Waals surface area contributed by atoms with Gasteiger partial charge in [0.05, 0.1) is 13.2 Å². The molecule has 0 spiro atoms. The Morgan fingerprint density at radius 1 is 0.909 bits per heavy atom. The average Bonchev–Trinajstić information content (AvgIpc) is 3.02. The number of allylic oxidation sites excluding steroid dienone is 1. The number of carbonyl (C=O) groups is 2. The van der Waals surface area contributed by atoms with E-state index in [1.165, 1.54) is 0 Å². The molecule has 0 aromatic heterocycles. The van der Waals surface area contributed by atoms with Gasteiger partial charge in [-0.3, -0.25) is 0 Å². The summed E-state index contributed by atoms with van der Waals surface area (Å²) in [6, 6.07) is 0. The van der Waals surface area contributed by atoms with E-state index in [1.807, 2.05) is 20.8 Å². The van der Waals surface area contributed by atoms with Crippen LogP contribution in [0, 0.1) is 5.92 Å². The molecule has 0 aliphatic heterocycles. The second-order valence-electron chi connectivity index (χ2n) is 6.02. The van der Waals surface area contributed by atoms with Gasteiger partial charge >= 0.3 is 11.9 Å². The van der Waals surface area contributed by atoms with Crippen LogP contribution < -0.4 is 0 Å². The monoisotopic (exact) mass is 310 g/mol. The highest BCUT2D eigenvalue weighted by molar-refractivity contribution is 6.14. The van der Waals surface area contributed by atoms with Gasteiger partial charge in [-0.15, -0.1) is 0 Å². The highest BCUT2D eigenvalue weighted by atomic mass is 16.6. The van der Waals surface area contributed by atoms with E-state index in [9.17, 15) is 9.59 Å². The molecule has 1 aliphatic carbocycles. The van der Waals surface area contributed by atoms with Crippen molar-refractivity contribution in [3.63, 3.8) is 0 Å². The quantitative estimate of drug-likeness (QED) is 0.211. The third kappa shape index (κ3) is 5.82. The van der Waals surface area contributed by atoms with Gasteiger partial charge in [0, 0.05) is 0 Å². The van der Waals surface area contributed by atoms with E-state index in [1.54, 1.807) is 0 Å². The number of unbranched alkanes of at least 4 members (excludes halogenated alkanes) is 2. The SMILES string of the molecule is CCCCOC(=O)C(C(=O)OCCCC)=C(C)C1CCCC1. The van der Waals surface area contributed by atoms with Crippen molar-refractivity contribution >= 4 is 11.9 Å². The van der Waals surface area contributed by atoms with Gasteiger partial charge in [-0.1, -0.05) is 39.5 Å². The van der Waals surface area contributed by atoms with E-state index in [2.05, 4.69) is 0 Å². The number of hydrogen-bond acceptors (Lipinski definition) is 4. The first kappa shape index (κ1) is 18.7. The highest BCUT2D eigenvalue weighted by Gasteiger charge is 2.29. The molecule has 0 heterocycles. The average molecular weight is 310 g/mol. The number of rotatable bonds is 9. The van der Waals surface area contributed by atoms with Crippen molar-refractivity contribution in [3.8, 4) is 0 Å². The fraction of sp³-hybridized carbons (Fsp3) is 0.778. The van der Waals surface area contributed by atoms with Gasteiger partial charge in [-0.2, -0.15) is 0 Å². The summed E-state index contributed by atoms with van der Waals surface area (Å²) in [4.78, 5) is 24.6. The maximum atomic E-state index is 12.3. The fourth-order valence-corrected chi connectivity index (χ4v) is 2.73. The molecule has 4 nitrogen and oxygen atoms in total. The maximum absolute atomic E-state index is 12.3. The summed E-state index contributed by atoms with van der Waals surface area (Å²) in [6.07, 6.45) is 7.93. The van der Waals surface area contributed by atoms with Crippen molar-refractivity contribution in [3.05, 3.63) is 11.1 Å². The number of esters is 2. The third-order valence-electron chi connectivity index (χ3n) is 4.23. The van der Waals surface area contributed by atoms with E-state index in [0.29, 0.717) is 19.1 Å². The lowest BCUT2D eigenvalue weighted by Crippen LogP contribution is -2.22. The zero-order valence-corrected chi connectivity index (χ0v) is 14.3. The Balaban J connectivity index is 2.81. The molecule has 1 fully saturated rings. The molecular formula is C18H30O4. The highest BCUT2D eigenvalue weighted by Crippen LogP contribution is 2.33. The predicted molar refractivity (Wildman–Crippen MR) is 86.4 cm³/mol. The van der Waals surface area contributed by atoms with Gasteiger partial charge in [-0.25, -0.2) is 9.59 Å². The van der Waals surface area contributed by atoms with Crippen molar-refractivity contribution in [1.29, 1.82) is 0 Å². The number of hydrogen-bond donors (Lipinski definition) is 0. The molecule has 0 bridgehead atoms. The van der Waals surface area contributed by atoms with Crippen LogP contribution in [0.1, 0.15) is 72.1 Å². The molecule has 0 amide bonds. The summed E-state index contributed by atoms with van der Waals surface area (Å²) in [6.45, 7) is 6.67. The first-order valence-corrected chi connectivity index (χ1v) is 8.66. The van der Waals surface area contributed by atoms with E-state index in [4.69, 9.17) is 9.47 Å². The summed E-state index contributed by atoms with van der Waals surface area (Å²) >= 11 is 0. The summed E-state index contributed by atoms with van der Waals surface area (Å²) in [7, 11) is 0. The topological polar surface area (TPSA) is 52.6 Å². The molecule has 1 aliphatic rings. The molecule has 4 heteroatoms. The molecule has 0 atom stereocenters. The molecule has 1 saturated carbocycles. The van der Waals surface area contributed by atoms with E-state index >= 15 is 0 Å². The van der Waals surface area contributed by atoms with Crippen molar-refractivity contribution < 1.29 is 19.1 Å². The minimum absolute atomic E-state index is 0.138. The maximum Gasteiger partial charge on any atom is 0.345 e. The van der Waals surface area contributed by atoms with Crippen molar-refractivity contribution in [2.45, 2.75) is 72.1 Å². The summed E-state index contributed by atoms with van der Waals surface area (Å²) in [5, 5.41) is 0. The standard InChI is InChI=1S/C18H30O4/c1-4-6-12-21-17(19)16(18(20)22-13-7-5-2)14(3)15-10-8-9-11-15/h15H,4-13H2,1-3H3. The smallest absolute Gasteiger partial charge is 0.345 e. The van der Waals surface area contributed by atoms with E-state index in [-0.39, 0.29) is 5.57 Å². The Morgan fingerprint density at radius 3 is 1.77 bits per heavy atom. The van der Waals surface area contributed by atoms with Crippen LogP contribution in [-0.4, -0.2) is 25.2 Å². The fourth-order valence-electron chi connectivity index (χ4n) is 2.73. The molecule has 0 unspecified atom stereocenters. The Kier molecular flexibility index (Phi) is 8.86. The molecule has 0 aromatic rings. The first-order valence-electron chi connectivity index (χ1n) is 8.66. The van der Waals surface area contributed by atoms with Gasteiger partial charge < -0.3 is 9.47 Å². The molecule has 0 aromatic carbocycles. The van der Waals surface area contributed by atoms with Crippen LogP contribution >= 0.6 is 0 Å². The van der Waals surface area contributed by atoms with Crippen LogP contribution in [0.5, 0.6) is 0 Å².